The number of nitrogens with zero attached hydrogens (tertiary/aromatic N) is 1. The number of likely N-dealkylation sites (tertiary alicyclic amines) is 1. The largest absolute Gasteiger partial charge is 0.396 e. The molecule has 5 heteroatoms. The van der Waals surface area contributed by atoms with Gasteiger partial charge in [0.05, 0.1) is 6.10 Å². The molecular weight excluding hydrogens is 268 g/mol. The summed E-state index contributed by atoms with van der Waals surface area (Å²) in [4.78, 5) is 14.2. The third kappa shape index (κ3) is 4.19. The van der Waals surface area contributed by atoms with E-state index < -0.39 is 6.10 Å². The van der Waals surface area contributed by atoms with Gasteiger partial charge in [0.15, 0.2) is 0 Å². The van der Waals surface area contributed by atoms with Gasteiger partial charge in [-0.2, -0.15) is 0 Å². The van der Waals surface area contributed by atoms with Crippen LogP contribution in [0.15, 0.2) is 24.3 Å². The Labute approximate surface area is 125 Å². The molecule has 2 unspecified atom stereocenters. The first-order valence-corrected chi connectivity index (χ1v) is 7.58. The van der Waals surface area contributed by atoms with Gasteiger partial charge < -0.3 is 20.4 Å². The van der Waals surface area contributed by atoms with Crippen molar-refractivity contribution in [1.29, 1.82) is 0 Å². The molecule has 0 bridgehead atoms. The standard InChI is InChI=1S/C16H24N2O3/c1-12(20)13-5-4-6-14(11-13)17-16(21)18-9-3-2-7-15(18)8-10-19/h4-6,11-12,15,19-20H,2-3,7-10H2,1H3,(H,17,21). The fraction of sp³-hybridized carbons (Fsp3) is 0.562. The molecule has 1 saturated heterocycles. The number of aliphatic hydroxyl groups is 2. The van der Waals surface area contributed by atoms with Crippen molar-refractivity contribution < 1.29 is 15.0 Å². The molecular formula is C16H24N2O3. The first-order valence-electron chi connectivity index (χ1n) is 7.58. The number of carbonyl (C=O) groups is 1. The van der Waals surface area contributed by atoms with Gasteiger partial charge in [0.25, 0.3) is 0 Å². The van der Waals surface area contributed by atoms with Gasteiger partial charge in [0.1, 0.15) is 0 Å². The molecule has 1 aliphatic rings. The van der Waals surface area contributed by atoms with Gasteiger partial charge in [-0.25, -0.2) is 4.79 Å². The molecule has 2 amide bonds. The lowest BCUT2D eigenvalue weighted by molar-refractivity contribution is 0.141. The Morgan fingerprint density at radius 2 is 2.29 bits per heavy atom. The second kappa shape index (κ2) is 7.43. The van der Waals surface area contributed by atoms with Gasteiger partial charge >= 0.3 is 6.03 Å². The average Bonchev–Trinajstić information content (AvgIpc) is 2.48. The average molecular weight is 292 g/mol. The molecule has 0 saturated carbocycles. The molecule has 1 fully saturated rings. The number of hydrogen-bond donors (Lipinski definition) is 3. The number of aliphatic hydroxyl groups excluding tert-OH is 2. The van der Waals surface area contributed by atoms with Crippen LogP contribution in [-0.2, 0) is 0 Å². The zero-order valence-corrected chi connectivity index (χ0v) is 12.5. The van der Waals surface area contributed by atoms with Crippen LogP contribution in [0.3, 0.4) is 0 Å². The molecule has 5 nitrogen and oxygen atoms in total. The van der Waals surface area contributed by atoms with Gasteiger partial charge in [-0.15, -0.1) is 0 Å². The van der Waals surface area contributed by atoms with E-state index >= 15 is 0 Å². The van der Waals surface area contributed by atoms with Gasteiger partial charge in [-0.3, -0.25) is 0 Å². The number of piperidine rings is 1. The van der Waals surface area contributed by atoms with Crippen LogP contribution in [-0.4, -0.2) is 40.3 Å². The summed E-state index contributed by atoms with van der Waals surface area (Å²) in [5, 5.41) is 21.6. The van der Waals surface area contributed by atoms with Crippen molar-refractivity contribution in [3.05, 3.63) is 29.8 Å². The van der Waals surface area contributed by atoms with Crippen LogP contribution < -0.4 is 5.32 Å². The van der Waals surface area contributed by atoms with E-state index in [2.05, 4.69) is 5.32 Å². The first-order chi connectivity index (χ1) is 10.1. The highest BCUT2D eigenvalue weighted by Crippen LogP contribution is 2.22. The van der Waals surface area contributed by atoms with Crippen LogP contribution in [0.2, 0.25) is 0 Å². The summed E-state index contributed by atoms with van der Waals surface area (Å²) in [7, 11) is 0. The third-order valence-electron chi connectivity index (χ3n) is 3.97. The minimum absolute atomic E-state index is 0.103. The molecule has 1 heterocycles. The lowest BCUT2D eigenvalue weighted by Crippen LogP contribution is -2.46. The van der Waals surface area contributed by atoms with Crippen LogP contribution in [0.4, 0.5) is 10.5 Å². The quantitative estimate of drug-likeness (QED) is 0.798. The highest BCUT2D eigenvalue weighted by molar-refractivity contribution is 5.89. The molecule has 0 aliphatic carbocycles. The molecule has 1 aromatic rings. The Balaban J connectivity index is 2.04. The molecule has 1 aromatic carbocycles. The molecule has 0 aromatic heterocycles. The number of benzene rings is 1. The van der Waals surface area contributed by atoms with E-state index in [1.807, 2.05) is 23.1 Å². The van der Waals surface area contributed by atoms with Gasteiger partial charge in [-0.05, 0) is 50.3 Å². The van der Waals surface area contributed by atoms with Crippen LogP contribution in [0.5, 0.6) is 0 Å². The molecule has 0 spiro atoms. The highest BCUT2D eigenvalue weighted by Gasteiger charge is 2.26. The summed E-state index contributed by atoms with van der Waals surface area (Å²) in [6.07, 6.45) is 3.12. The van der Waals surface area contributed by atoms with Crippen LogP contribution >= 0.6 is 0 Å². The summed E-state index contributed by atoms with van der Waals surface area (Å²) in [6.45, 7) is 2.53. The normalized spacial score (nSPS) is 20.1. The van der Waals surface area contributed by atoms with Crippen molar-refractivity contribution in [2.75, 3.05) is 18.5 Å². The molecule has 2 rings (SSSR count). The molecule has 21 heavy (non-hydrogen) atoms. The number of nitrogens with one attached hydrogen (secondary N) is 1. The van der Waals surface area contributed by atoms with E-state index in [4.69, 9.17) is 5.11 Å². The molecule has 0 radical (unpaired) electrons. The fourth-order valence-electron chi connectivity index (χ4n) is 2.79. The van der Waals surface area contributed by atoms with Crippen molar-refractivity contribution in [2.45, 2.75) is 44.8 Å². The zero-order valence-electron chi connectivity index (χ0n) is 12.5. The van der Waals surface area contributed by atoms with Gasteiger partial charge in [-0.1, -0.05) is 12.1 Å². The third-order valence-corrected chi connectivity index (χ3v) is 3.97. The van der Waals surface area contributed by atoms with Gasteiger partial charge in [0, 0.05) is 24.9 Å². The lowest BCUT2D eigenvalue weighted by Gasteiger charge is -2.35. The highest BCUT2D eigenvalue weighted by atomic mass is 16.3. The second-order valence-corrected chi connectivity index (χ2v) is 5.59. The van der Waals surface area contributed by atoms with Crippen molar-refractivity contribution in [2.24, 2.45) is 0 Å². The fourth-order valence-corrected chi connectivity index (χ4v) is 2.79. The Kier molecular flexibility index (Phi) is 5.59. The monoisotopic (exact) mass is 292 g/mol. The predicted molar refractivity (Wildman–Crippen MR) is 82.1 cm³/mol. The van der Waals surface area contributed by atoms with Crippen LogP contribution in [0.1, 0.15) is 44.3 Å². The van der Waals surface area contributed by atoms with Crippen LogP contribution in [0, 0.1) is 0 Å². The molecule has 116 valence electrons. The summed E-state index contributed by atoms with van der Waals surface area (Å²) < 4.78 is 0. The number of rotatable bonds is 4. The Morgan fingerprint density at radius 3 is 3.00 bits per heavy atom. The van der Waals surface area contributed by atoms with Crippen molar-refractivity contribution in [1.82, 2.24) is 4.90 Å². The first kappa shape index (κ1) is 15.8. The molecule has 2 atom stereocenters. The number of hydrogen-bond acceptors (Lipinski definition) is 3. The maximum Gasteiger partial charge on any atom is 0.322 e. The maximum absolute atomic E-state index is 12.4. The number of carbonyl (C=O) groups excluding carboxylic acids is 1. The van der Waals surface area contributed by atoms with E-state index in [1.54, 1.807) is 13.0 Å². The summed E-state index contributed by atoms with van der Waals surface area (Å²) in [5.74, 6) is 0. The summed E-state index contributed by atoms with van der Waals surface area (Å²) >= 11 is 0. The number of amides is 2. The Hall–Kier alpha value is -1.59. The van der Waals surface area contributed by atoms with Crippen molar-refractivity contribution >= 4 is 11.7 Å². The summed E-state index contributed by atoms with van der Waals surface area (Å²) in [5.41, 5.74) is 1.46. The van der Waals surface area contributed by atoms with Crippen molar-refractivity contribution in [3.8, 4) is 0 Å². The van der Waals surface area contributed by atoms with Gasteiger partial charge in [0.2, 0.25) is 0 Å². The van der Waals surface area contributed by atoms with Crippen LogP contribution in [0.25, 0.3) is 0 Å². The molecule has 1 aliphatic heterocycles. The lowest BCUT2D eigenvalue weighted by atomic mass is 10.00. The summed E-state index contributed by atoms with van der Waals surface area (Å²) in [6, 6.07) is 7.23. The zero-order chi connectivity index (χ0) is 15.2. The minimum Gasteiger partial charge on any atom is -0.396 e. The second-order valence-electron chi connectivity index (χ2n) is 5.59. The Morgan fingerprint density at radius 1 is 1.48 bits per heavy atom. The number of anilines is 1. The number of urea groups is 1. The van der Waals surface area contributed by atoms with E-state index in [9.17, 15) is 9.90 Å². The van der Waals surface area contributed by atoms with E-state index in [0.717, 1.165) is 31.4 Å². The van der Waals surface area contributed by atoms with E-state index in [-0.39, 0.29) is 18.7 Å². The molecule has 3 N–H and O–H groups in total. The van der Waals surface area contributed by atoms with Crippen molar-refractivity contribution in [3.63, 3.8) is 0 Å². The Bertz CT molecular complexity index is 474. The smallest absolute Gasteiger partial charge is 0.322 e. The minimum atomic E-state index is -0.557. The SMILES string of the molecule is CC(O)c1cccc(NC(=O)N2CCCCC2CCO)c1. The van der Waals surface area contributed by atoms with E-state index in [1.165, 1.54) is 0 Å². The van der Waals surface area contributed by atoms with E-state index in [0.29, 0.717) is 12.1 Å². The predicted octanol–water partition coefficient (Wildman–Crippen LogP) is 2.51. The maximum atomic E-state index is 12.4. The topological polar surface area (TPSA) is 72.8 Å².